The van der Waals surface area contributed by atoms with Gasteiger partial charge in [-0.1, -0.05) is 24.3 Å². The first-order valence-electron chi connectivity index (χ1n) is 9.63. The molecule has 1 aliphatic carbocycles. The third-order valence-electron chi connectivity index (χ3n) is 5.49. The Morgan fingerprint density at radius 1 is 0.531 bits per heavy atom. The maximum absolute atomic E-state index is 14.3. The molecule has 2 nitrogen and oxygen atoms in total. The van der Waals surface area contributed by atoms with E-state index in [4.69, 9.17) is 0 Å². The molecule has 0 saturated carbocycles. The average Bonchev–Trinajstić information content (AvgIpc) is 3.06. The van der Waals surface area contributed by atoms with E-state index in [0.717, 1.165) is 23.3 Å². The van der Waals surface area contributed by atoms with Gasteiger partial charge in [0.25, 0.3) is 0 Å². The molecular formula is C26H12F4N2. The molecule has 4 aromatic rings. The lowest BCUT2D eigenvalue weighted by atomic mass is 9.98. The van der Waals surface area contributed by atoms with Crippen molar-refractivity contribution in [2.75, 3.05) is 0 Å². The van der Waals surface area contributed by atoms with Crippen molar-refractivity contribution >= 4 is 5.71 Å². The standard InChI is InChI=1S/C26H12F4N2/c27-16-3-7-18(24(29)11-16)14-1-5-20-21-6-2-15(19-8-4-17(28)12-25(19)30)10-23(21)26(32-13-31)22(20)9-14/h1-12H. The zero-order valence-electron chi connectivity index (χ0n) is 16.3. The van der Waals surface area contributed by atoms with Gasteiger partial charge in [0, 0.05) is 34.4 Å². The molecule has 154 valence electrons. The van der Waals surface area contributed by atoms with E-state index in [2.05, 4.69) is 4.99 Å². The van der Waals surface area contributed by atoms with Gasteiger partial charge in [-0.15, -0.1) is 0 Å². The highest BCUT2D eigenvalue weighted by Crippen LogP contribution is 2.41. The maximum atomic E-state index is 14.3. The summed E-state index contributed by atoms with van der Waals surface area (Å²) in [6.45, 7) is 0. The number of hydrogen-bond donors (Lipinski definition) is 0. The Morgan fingerprint density at radius 2 is 0.969 bits per heavy atom. The van der Waals surface area contributed by atoms with Crippen LogP contribution in [-0.4, -0.2) is 5.71 Å². The highest BCUT2D eigenvalue weighted by Gasteiger charge is 2.27. The summed E-state index contributed by atoms with van der Waals surface area (Å²) in [7, 11) is 0. The second-order valence-electron chi connectivity index (χ2n) is 7.33. The van der Waals surface area contributed by atoms with E-state index in [1.54, 1.807) is 42.6 Å². The van der Waals surface area contributed by atoms with E-state index in [9.17, 15) is 22.8 Å². The fourth-order valence-corrected chi connectivity index (χ4v) is 4.05. The lowest BCUT2D eigenvalue weighted by Crippen LogP contribution is -1.99. The summed E-state index contributed by atoms with van der Waals surface area (Å²) >= 11 is 0. The van der Waals surface area contributed by atoms with Crippen LogP contribution in [-0.2, 0) is 0 Å². The highest BCUT2D eigenvalue weighted by molar-refractivity contribution is 6.25. The van der Waals surface area contributed by atoms with Gasteiger partial charge in [-0.05, 0) is 58.7 Å². The van der Waals surface area contributed by atoms with Gasteiger partial charge in [0.15, 0.2) is 0 Å². The Kier molecular flexibility index (Phi) is 4.60. The quantitative estimate of drug-likeness (QED) is 0.223. The van der Waals surface area contributed by atoms with Crippen LogP contribution < -0.4 is 0 Å². The molecule has 0 heterocycles. The lowest BCUT2D eigenvalue weighted by molar-refractivity contribution is 0.585. The zero-order valence-corrected chi connectivity index (χ0v) is 16.3. The predicted molar refractivity (Wildman–Crippen MR) is 114 cm³/mol. The molecule has 0 atom stereocenters. The summed E-state index contributed by atoms with van der Waals surface area (Å²) in [4.78, 5) is 3.96. The summed E-state index contributed by atoms with van der Waals surface area (Å²) in [5.74, 6) is -2.75. The van der Waals surface area contributed by atoms with Crippen LogP contribution in [0.3, 0.4) is 0 Å². The predicted octanol–water partition coefficient (Wildman–Crippen LogP) is 6.88. The summed E-state index contributed by atoms with van der Waals surface area (Å²) < 4.78 is 55.3. The number of halogens is 4. The Balaban J connectivity index is 1.66. The summed E-state index contributed by atoms with van der Waals surface area (Å²) in [5.41, 5.74) is 4.60. The van der Waals surface area contributed by atoms with E-state index < -0.39 is 23.3 Å². The number of rotatable bonds is 2. The highest BCUT2D eigenvalue weighted by atomic mass is 19.1. The molecule has 0 N–H and O–H groups in total. The molecule has 1 aliphatic rings. The van der Waals surface area contributed by atoms with Crippen LogP contribution in [0, 0.1) is 34.7 Å². The molecule has 5 rings (SSSR count). The lowest BCUT2D eigenvalue weighted by Gasteiger charge is -2.07. The van der Waals surface area contributed by atoms with E-state index in [1.807, 2.05) is 0 Å². The van der Waals surface area contributed by atoms with Gasteiger partial charge in [0.1, 0.15) is 23.3 Å². The topological polar surface area (TPSA) is 36.1 Å². The molecular weight excluding hydrogens is 416 g/mol. The van der Waals surface area contributed by atoms with Crippen molar-refractivity contribution in [1.82, 2.24) is 0 Å². The van der Waals surface area contributed by atoms with Crippen LogP contribution in [0.25, 0.3) is 33.4 Å². The second kappa shape index (κ2) is 7.47. The first-order valence-corrected chi connectivity index (χ1v) is 9.63. The minimum atomic E-state index is -0.701. The fourth-order valence-electron chi connectivity index (χ4n) is 4.05. The monoisotopic (exact) mass is 428 g/mol. The molecule has 0 bridgehead atoms. The van der Waals surface area contributed by atoms with Crippen molar-refractivity contribution in [3.05, 3.63) is 107 Å². The van der Waals surface area contributed by atoms with E-state index in [-0.39, 0.29) is 11.1 Å². The van der Waals surface area contributed by atoms with Crippen molar-refractivity contribution in [1.29, 1.82) is 5.26 Å². The molecule has 0 spiro atoms. The molecule has 0 amide bonds. The molecule has 32 heavy (non-hydrogen) atoms. The Labute approximate surface area is 180 Å². The Hall–Kier alpha value is -4.24. The van der Waals surface area contributed by atoms with Gasteiger partial charge in [-0.25, -0.2) is 17.6 Å². The normalized spacial score (nSPS) is 11.7. The van der Waals surface area contributed by atoms with Gasteiger partial charge >= 0.3 is 0 Å². The van der Waals surface area contributed by atoms with Crippen LogP contribution in [0.1, 0.15) is 11.1 Å². The Morgan fingerprint density at radius 3 is 1.38 bits per heavy atom. The van der Waals surface area contributed by atoms with Crippen molar-refractivity contribution in [3.8, 4) is 39.6 Å². The van der Waals surface area contributed by atoms with Crippen LogP contribution in [0.4, 0.5) is 17.6 Å². The summed E-state index contributed by atoms with van der Waals surface area (Å²) in [6.07, 6.45) is 1.79. The number of hydrogen-bond acceptors (Lipinski definition) is 2. The van der Waals surface area contributed by atoms with Crippen LogP contribution >= 0.6 is 0 Å². The van der Waals surface area contributed by atoms with Crippen molar-refractivity contribution in [2.45, 2.75) is 0 Å². The third kappa shape index (κ3) is 3.15. The molecule has 0 aromatic heterocycles. The number of nitriles is 1. The van der Waals surface area contributed by atoms with Crippen LogP contribution in [0.15, 0.2) is 77.8 Å². The maximum Gasteiger partial charge on any atom is 0.206 e. The van der Waals surface area contributed by atoms with Gasteiger partial charge in [0.05, 0.1) is 5.71 Å². The van der Waals surface area contributed by atoms with Crippen LogP contribution in [0.5, 0.6) is 0 Å². The van der Waals surface area contributed by atoms with Crippen molar-refractivity contribution in [2.24, 2.45) is 4.99 Å². The van der Waals surface area contributed by atoms with Gasteiger partial charge in [-0.2, -0.15) is 10.3 Å². The number of fused-ring (bicyclic) bond motifs is 3. The fraction of sp³-hybridized carbons (Fsp3) is 0. The largest absolute Gasteiger partial charge is 0.207 e. The minimum Gasteiger partial charge on any atom is -0.207 e. The van der Waals surface area contributed by atoms with Crippen LogP contribution in [0.2, 0.25) is 0 Å². The molecule has 0 unspecified atom stereocenters. The summed E-state index contributed by atoms with van der Waals surface area (Å²) in [6, 6.07) is 17.0. The van der Waals surface area contributed by atoms with E-state index in [1.165, 1.54) is 24.3 Å². The summed E-state index contributed by atoms with van der Waals surface area (Å²) in [5, 5.41) is 9.26. The van der Waals surface area contributed by atoms with Crippen molar-refractivity contribution in [3.63, 3.8) is 0 Å². The molecule has 0 radical (unpaired) electrons. The SMILES string of the molecule is N#CN=C1c2cc(-c3ccc(F)cc3F)ccc2-c2ccc(-c3ccc(F)cc3F)cc21. The molecule has 0 fully saturated rings. The second-order valence-corrected chi connectivity index (χ2v) is 7.33. The van der Waals surface area contributed by atoms with E-state index >= 15 is 0 Å². The number of nitrogens with zero attached hydrogens (tertiary/aromatic N) is 2. The number of benzene rings is 4. The van der Waals surface area contributed by atoms with Gasteiger partial charge in [-0.3, -0.25) is 0 Å². The van der Waals surface area contributed by atoms with Crippen molar-refractivity contribution < 1.29 is 17.6 Å². The zero-order chi connectivity index (χ0) is 22.4. The average molecular weight is 428 g/mol. The van der Waals surface area contributed by atoms with Gasteiger partial charge in [0.2, 0.25) is 6.19 Å². The first kappa shape index (κ1) is 19.7. The Bertz CT molecular complexity index is 1380. The number of aliphatic imine (C=N–C) groups is 1. The van der Waals surface area contributed by atoms with E-state index in [0.29, 0.717) is 28.0 Å². The van der Waals surface area contributed by atoms with Gasteiger partial charge < -0.3 is 0 Å². The first-order chi connectivity index (χ1) is 15.5. The molecule has 4 aromatic carbocycles. The molecule has 0 saturated heterocycles. The smallest absolute Gasteiger partial charge is 0.206 e. The minimum absolute atomic E-state index is 0.218. The molecule has 6 heteroatoms. The third-order valence-corrected chi connectivity index (χ3v) is 5.49. The molecule has 0 aliphatic heterocycles.